The van der Waals surface area contributed by atoms with Gasteiger partial charge in [-0.15, -0.1) is 0 Å². The summed E-state index contributed by atoms with van der Waals surface area (Å²) < 4.78 is 0. The maximum Gasteiger partial charge on any atom is 0.115 e. The van der Waals surface area contributed by atoms with Crippen LogP contribution in [0.4, 0.5) is 0 Å². The second-order valence-electron chi connectivity index (χ2n) is 3.72. The fraction of sp³-hybridized carbons (Fsp3) is 0.167. The molecule has 2 nitrogen and oxygen atoms in total. The predicted octanol–water partition coefficient (Wildman–Crippen LogP) is 2.36. The molecule has 0 radical (unpaired) electrons. The van der Waals surface area contributed by atoms with Crippen LogP contribution in [0, 0.1) is 6.92 Å². The zero-order chi connectivity index (χ0) is 9.54. The van der Waals surface area contributed by atoms with Gasteiger partial charge in [-0.1, -0.05) is 23.8 Å². The average molecular weight is 182 g/mol. The van der Waals surface area contributed by atoms with E-state index in [1.54, 1.807) is 6.33 Å². The third-order valence-electron chi connectivity index (χ3n) is 2.71. The number of nitrogens with zero attached hydrogens (tertiary/aromatic N) is 2. The van der Waals surface area contributed by atoms with Crippen molar-refractivity contribution in [2.75, 3.05) is 0 Å². The van der Waals surface area contributed by atoms with Crippen LogP contribution in [-0.2, 0) is 6.42 Å². The van der Waals surface area contributed by atoms with E-state index in [0.29, 0.717) is 0 Å². The van der Waals surface area contributed by atoms with Gasteiger partial charge in [-0.25, -0.2) is 9.97 Å². The summed E-state index contributed by atoms with van der Waals surface area (Å²) in [6.45, 7) is 2.11. The fourth-order valence-corrected chi connectivity index (χ4v) is 2.00. The highest BCUT2D eigenvalue weighted by Crippen LogP contribution is 2.34. The van der Waals surface area contributed by atoms with Crippen molar-refractivity contribution in [3.8, 4) is 11.1 Å². The lowest BCUT2D eigenvalue weighted by atomic mass is 10.1. The summed E-state index contributed by atoms with van der Waals surface area (Å²) in [5, 5.41) is 0. The molecule has 1 aromatic carbocycles. The standard InChI is InChI=1S/C12H10N2/c1-8-2-3-9-5-12-11(10(9)4-8)6-13-7-14-12/h2-4,6-7H,5H2,1H3. The van der Waals surface area contributed by atoms with Gasteiger partial charge in [-0.3, -0.25) is 0 Å². The lowest BCUT2D eigenvalue weighted by Gasteiger charge is -2.00. The fourth-order valence-electron chi connectivity index (χ4n) is 2.00. The highest BCUT2D eigenvalue weighted by atomic mass is 14.8. The molecule has 1 aromatic heterocycles. The van der Waals surface area contributed by atoms with Crippen LogP contribution < -0.4 is 0 Å². The van der Waals surface area contributed by atoms with E-state index >= 15 is 0 Å². The summed E-state index contributed by atoms with van der Waals surface area (Å²) >= 11 is 0. The molecule has 0 N–H and O–H groups in total. The van der Waals surface area contributed by atoms with Crippen LogP contribution >= 0.6 is 0 Å². The molecule has 0 aliphatic heterocycles. The van der Waals surface area contributed by atoms with Crippen LogP contribution in [0.3, 0.4) is 0 Å². The minimum absolute atomic E-state index is 0.952. The van der Waals surface area contributed by atoms with E-state index in [2.05, 4.69) is 35.1 Å². The number of fused-ring (bicyclic) bond motifs is 3. The summed E-state index contributed by atoms with van der Waals surface area (Å²) in [7, 11) is 0. The summed E-state index contributed by atoms with van der Waals surface area (Å²) in [5.41, 5.74) is 6.32. The van der Waals surface area contributed by atoms with Gasteiger partial charge >= 0.3 is 0 Å². The quantitative estimate of drug-likeness (QED) is 0.533. The molecule has 0 fully saturated rings. The van der Waals surface area contributed by atoms with Gasteiger partial charge in [0.15, 0.2) is 0 Å². The molecule has 2 aromatic rings. The van der Waals surface area contributed by atoms with E-state index in [4.69, 9.17) is 0 Å². The molecule has 14 heavy (non-hydrogen) atoms. The third-order valence-corrected chi connectivity index (χ3v) is 2.71. The summed E-state index contributed by atoms with van der Waals surface area (Å²) in [6, 6.07) is 6.55. The Morgan fingerprint density at radius 3 is 3.07 bits per heavy atom. The highest BCUT2D eigenvalue weighted by molar-refractivity contribution is 5.74. The van der Waals surface area contributed by atoms with Crippen LogP contribution in [0.1, 0.15) is 16.8 Å². The Bertz CT molecular complexity index is 503. The second-order valence-corrected chi connectivity index (χ2v) is 3.72. The molecule has 1 heterocycles. The Balaban J connectivity index is 2.30. The maximum atomic E-state index is 4.29. The molecular formula is C12H10N2. The Morgan fingerprint density at radius 1 is 1.21 bits per heavy atom. The third kappa shape index (κ3) is 0.970. The smallest absolute Gasteiger partial charge is 0.115 e. The molecule has 0 atom stereocenters. The van der Waals surface area contributed by atoms with Crippen molar-refractivity contribution in [2.24, 2.45) is 0 Å². The first-order valence-corrected chi connectivity index (χ1v) is 4.73. The van der Waals surface area contributed by atoms with Gasteiger partial charge in [0.2, 0.25) is 0 Å². The van der Waals surface area contributed by atoms with Gasteiger partial charge in [-0.2, -0.15) is 0 Å². The lowest BCUT2D eigenvalue weighted by Crippen LogP contribution is -1.86. The van der Waals surface area contributed by atoms with E-state index in [9.17, 15) is 0 Å². The van der Waals surface area contributed by atoms with E-state index in [-0.39, 0.29) is 0 Å². The van der Waals surface area contributed by atoms with Crippen molar-refractivity contribution >= 4 is 0 Å². The molecule has 68 valence electrons. The first-order valence-electron chi connectivity index (χ1n) is 4.73. The molecular weight excluding hydrogens is 172 g/mol. The number of rotatable bonds is 0. The topological polar surface area (TPSA) is 25.8 Å². The molecule has 0 saturated heterocycles. The zero-order valence-electron chi connectivity index (χ0n) is 7.99. The van der Waals surface area contributed by atoms with Crippen LogP contribution in [0.2, 0.25) is 0 Å². The number of hydrogen-bond acceptors (Lipinski definition) is 2. The lowest BCUT2D eigenvalue weighted by molar-refractivity contribution is 1.07. The second kappa shape index (κ2) is 2.64. The van der Waals surface area contributed by atoms with Crippen molar-refractivity contribution in [2.45, 2.75) is 13.3 Å². The van der Waals surface area contributed by atoms with E-state index < -0.39 is 0 Å². The molecule has 1 aliphatic rings. The minimum atomic E-state index is 0.952. The normalized spacial score (nSPS) is 12.4. The molecule has 0 amide bonds. The number of benzene rings is 1. The largest absolute Gasteiger partial charge is 0.244 e. The van der Waals surface area contributed by atoms with Crippen molar-refractivity contribution in [1.82, 2.24) is 9.97 Å². The van der Waals surface area contributed by atoms with Crippen LogP contribution in [0.25, 0.3) is 11.1 Å². The van der Waals surface area contributed by atoms with Gasteiger partial charge in [-0.05, 0) is 18.1 Å². The molecule has 0 saturated carbocycles. The van der Waals surface area contributed by atoms with Crippen molar-refractivity contribution in [3.63, 3.8) is 0 Å². The summed E-state index contributed by atoms with van der Waals surface area (Å²) in [5.74, 6) is 0. The van der Waals surface area contributed by atoms with Crippen LogP contribution in [0.15, 0.2) is 30.7 Å². The molecule has 0 bridgehead atoms. The monoisotopic (exact) mass is 182 g/mol. The first kappa shape index (κ1) is 7.68. The van der Waals surface area contributed by atoms with Gasteiger partial charge < -0.3 is 0 Å². The Morgan fingerprint density at radius 2 is 2.14 bits per heavy atom. The molecule has 0 unspecified atom stereocenters. The van der Waals surface area contributed by atoms with Crippen LogP contribution in [0.5, 0.6) is 0 Å². The maximum absolute atomic E-state index is 4.29. The van der Waals surface area contributed by atoms with Crippen molar-refractivity contribution in [1.29, 1.82) is 0 Å². The van der Waals surface area contributed by atoms with Gasteiger partial charge in [0.05, 0.1) is 5.69 Å². The Kier molecular flexibility index (Phi) is 1.45. The Labute approximate surface area is 82.7 Å². The van der Waals surface area contributed by atoms with Gasteiger partial charge in [0.25, 0.3) is 0 Å². The molecule has 3 rings (SSSR count). The molecule has 0 spiro atoms. The number of hydrogen-bond donors (Lipinski definition) is 0. The Hall–Kier alpha value is -1.70. The summed E-state index contributed by atoms with van der Waals surface area (Å²) in [4.78, 5) is 8.37. The van der Waals surface area contributed by atoms with E-state index in [0.717, 1.165) is 12.1 Å². The van der Waals surface area contributed by atoms with Crippen LogP contribution in [-0.4, -0.2) is 9.97 Å². The minimum Gasteiger partial charge on any atom is -0.244 e. The molecule has 2 heteroatoms. The average Bonchev–Trinajstić information content (AvgIpc) is 2.56. The number of aromatic nitrogens is 2. The predicted molar refractivity (Wildman–Crippen MR) is 55.0 cm³/mol. The molecule has 1 aliphatic carbocycles. The van der Waals surface area contributed by atoms with E-state index in [1.165, 1.54) is 22.3 Å². The number of aryl methyl sites for hydroxylation is 1. The zero-order valence-corrected chi connectivity index (χ0v) is 7.99. The first-order chi connectivity index (χ1) is 6.84. The highest BCUT2D eigenvalue weighted by Gasteiger charge is 2.18. The van der Waals surface area contributed by atoms with Gasteiger partial charge in [0.1, 0.15) is 6.33 Å². The van der Waals surface area contributed by atoms with E-state index in [1.807, 2.05) is 6.20 Å². The SMILES string of the molecule is Cc1ccc2c(c1)-c1cncnc1C2. The summed E-state index contributed by atoms with van der Waals surface area (Å²) in [6.07, 6.45) is 4.48. The van der Waals surface area contributed by atoms with Gasteiger partial charge in [0, 0.05) is 18.2 Å². The van der Waals surface area contributed by atoms with Crippen molar-refractivity contribution in [3.05, 3.63) is 47.5 Å². The van der Waals surface area contributed by atoms with Crippen molar-refractivity contribution < 1.29 is 0 Å².